The monoisotopic (exact) mass is 223 g/mol. The normalized spacial score (nSPS) is 20.7. The van der Waals surface area contributed by atoms with E-state index in [-0.39, 0.29) is 12.6 Å². The minimum atomic E-state index is -0.284. The van der Waals surface area contributed by atoms with E-state index in [4.69, 9.17) is 9.15 Å². The number of ether oxygens (including phenoxy) is 1. The molecule has 16 heavy (non-hydrogen) atoms. The van der Waals surface area contributed by atoms with Crippen molar-refractivity contribution in [2.75, 3.05) is 6.54 Å². The molecule has 88 valence electrons. The third kappa shape index (κ3) is 2.85. The molecule has 1 saturated heterocycles. The first-order chi connectivity index (χ1) is 7.75. The largest absolute Gasteiger partial charge is 0.461 e. The number of hydrogen-bond donors (Lipinski definition) is 1. The van der Waals surface area contributed by atoms with Crippen molar-refractivity contribution in [3.63, 3.8) is 0 Å². The lowest BCUT2D eigenvalue weighted by Crippen LogP contribution is -2.26. The number of hydrogen-bond acceptors (Lipinski definition) is 4. The molecule has 0 spiro atoms. The molecule has 1 aliphatic heterocycles. The molecule has 0 radical (unpaired) electrons. The summed E-state index contributed by atoms with van der Waals surface area (Å²) < 4.78 is 10.5. The molecule has 4 nitrogen and oxygen atoms in total. The van der Waals surface area contributed by atoms with Crippen LogP contribution in [0.1, 0.15) is 43.7 Å². The van der Waals surface area contributed by atoms with E-state index >= 15 is 0 Å². The Kier molecular flexibility index (Phi) is 3.62. The standard InChI is InChI=1S/C12H17NO3/c1-9(14)15-8-10-5-6-12(16-10)11-4-2-3-7-13-11/h5-6,11,13H,2-4,7-8H2,1H3/t11-/m0/s1. The average Bonchev–Trinajstić information content (AvgIpc) is 2.76. The molecule has 0 aromatic carbocycles. The number of carbonyl (C=O) groups is 1. The maximum atomic E-state index is 10.6. The summed E-state index contributed by atoms with van der Waals surface area (Å²) in [6.45, 7) is 2.67. The van der Waals surface area contributed by atoms with Crippen LogP contribution in [0, 0.1) is 0 Å². The molecule has 0 saturated carbocycles. The number of rotatable bonds is 3. The Bertz CT molecular complexity index is 353. The van der Waals surface area contributed by atoms with Crippen LogP contribution in [-0.4, -0.2) is 12.5 Å². The Balaban J connectivity index is 1.93. The Labute approximate surface area is 95.0 Å². The zero-order valence-electron chi connectivity index (χ0n) is 9.49. The minimum Gasteiger partial charge on any atom is -0.461 e. The van der Waals surface area contributed by atoms with Crippen molar-refractivity contribution in [1.82, 2.24) is 5.32 Å². The molecule has 1 aromatic heterocycles. The molecule has 1 aromatic rings. The van der Waals surface area contributed by atoms with Gasteiger partial charge in [-0.2, -0.15) is 0 Å². The van der Waals surface area contributed by atoms with Crippen LogP contribution in [-0.2, 0) is 16.1 Å². The fourth-order valence-corrected chi connectivity index (χ4v) is 1.93. The Hall–Kier alpha value is -1.29. The molecule has 0 bridgehead atoms. The van der Waals surface area contributed by atoms with Crippen molar-refractivity contribution in [2.45, 2.75) is 38.8 Å². The van der Waals surface area contributed by atoms with Crippen LogP contribution >= 0.6 is 0 Å². The SMILES string of the molecule is CC(=O)OCc1ccc([C@@H]2CCCCN2)o1. The van der Waals surface area contributed by atoms with Crippen LogP contribution < -0.4 is 5.32 Å². The average molecular weight is 223 g/mol. The highest BCUT2D eigenvalue weighted by Crippen LogP contribution is 2.24. The first-order valence-electron chi connectivity index (χ1n) is 5.71. The second kappa shape index (κ2) is 5.16. The van der Waals surface area contributed by atoms with Gasteiger partial charge in [0.2, 0.25) is 0 Å². The third-order valence-electron chi connectivity index (χ3n) is 2.75. The van der Waals surface area contributed by atoms with E-state index in [1.165, 1.54) is 19.8 Å². The number of furan rings is 1. The summed E-state index contributed by atoms with van der Waals surface area (Å²) in [4.78, 5) is 10.6. The molecule has 0 aliphatic carbocycles. The Morgan fingerprint density at radius 1 is 1.56 bits per heavy atom. The van der Waals surface area contributed by atoms with Crippen molar-refractivity contribution in [2.24, 2.45) is 0 Å². The first-order valence-corrected chi connectivity index (χ1v) is 5.71. The number of piperidine rings is 1. The van der Waals surface area contributed by atoms with Gasteiger partial charge >= 0.3 is 5.97 Å². The highest BCUT2D eigenvalue weighted by Gasteiger charge is 2.18. The van der Waals surface area contributed by atoms with Crippen LogP contribution in [0.25, 0.3) is 0 Å². The Morgan fingerprint density at radius 2 is 2.44 bits per heavy atom. The molecule has 2 rings (SSSR count). The van der Waals surface area contributed by atoms with E-state index in [1.54, 1.807) is 0 Å². The summed E-state index contributed by atoms with van der Waals surface area (Å²) in [6.07, 6.45) is 3.58. The summed E-state index contributed by atoms with van der Waals surface area (Å²) in [5, 5.41) is 3.41. The molecule has 1 atom stereocenters. The van der Waals surface area contributed by atoms with Gasteiger partial charge in [0.15, 0.2) is 0 Å². The summed E-state index contributed by atoms with van der Waals surface area (Å²) in [7, 11) is 0. The highest BCUT2D eigenvalue weighted by molar-refractivity contribution is 5.65. The van der Waals surface area contributed by atoms with Gasteiger partial charge in [-0.1, -0.05) is 6.42 Å². The molecule has 1 aliphatic rings. The number of nitrogens with one attached hydrogen (secondary N) is 1. The van der Waals surface area contributed by atoms with Gasteiger partial charge in [0.1, 0.15) is 18.1 Å². The van der Waals surface area contributed by atoms with Crippen LogP contribution in [0.3, 0.4) is 0 Å². The van der Waals surface area contributed by atoms with Gasteiger partial charge in [0.25, 0.3) is 0 Å². The second-order valence-corrected chi connectivity index (χ2v) is 4.09. The van der Waals surface area contributed by atoms with E-state index in [0.29, 0.717) is 11.8 Å². The fraction of sp³-hybridized carbons (Fsp3) is 0.583. The van der Waals surface area contributed by atoms with Gasteiger partial charge in [-0.25, -0.2) is 0 Å². The highest BCUT2D eigenvalue weighted by atomic mass is 16.5. The third-order valence-corrected chi connectivity index (χ3v) is 2.75. The van der Waals surface area contributed by atoms with Gasteiger partial charge < -0.3 is 14.5 Å². The second-order valence-electron chi connectivity index (χ2n) is 4.09. The summed E-state index contributed by atoms with van der Waals surface area (Å²) >= 11 is 0. The minimum absolute atomic E-state index is 0.224. The summed E-state index contributed by atoms with van der Waals surface area (Å²) in [6, 6.07) is 4.15. The predicted molar refractivity (Wildman–Crippen MR) is 58.8 cm³/mol. The van der Waals surface area contributed by atoms with Crippen LogP contribution in [0.5, 0.6) is 0 Å². The van der Waals surface area contributed by atoms with E-state index < -0.39 is 0 Å². The van der Waals surface area contributed by atoms with Crippen molar-refractivity contribution in [3.8, 4) is 0 Å². The van der Waals surface area contributed by atoms with E-state index in [0.717, 1.165) is 18.7 Å². The first kappa shape index (κ1) is 11.2. The predicted octanol–water partition coefficient (Wildman–Crippen LogP) is 2.16. The lowest BCUT2D eigenvalue weighted by Gasteiger charge is -2.21. The Morgan fingerprint density at radius 3 is 3.12 bits per heavy atom. The molecule has 4 heteroatoms. The zero-order valence-corrected chi connectivity index (χ0v) is 9.49. The topological polar surface area (TPSA) is 51.5 Å². The molecule has 0 unspecified atom stereocenters. The van der Waals surface area contributed by atoms with Crippen molar-refractivity contribution in [1.29, 1.82) is 0 Å². The van der Waals surface area contributed by atoms with Crippen molar-refractivity contribution < 1.29 is 13.9 Å². The van der Waals surface area contributed by atoms with Crippen molar-refractivity contribution >= 4 is 5.97 Å². The lowest BCUT2D eigenvalue weighted by molar-refractivity contribution is -0.142. The van der Waals surface area contributed by atoms with Crippen molar-refractivity contribution in [3.05, 3.63) is 23.7 Å². The number of carbonyl (C=O) groups excluding carboxylic acids is 1. The zero-order chi connectivity index (χ0) is 11.4. The lowest BCUT2D eigenvalue weighted by atomic mass is 10.0. The number of esters is 1. The maximum absolute atomic E-state index is 10.6. The van der Waals surface area contributed by atoms with E-state index in [2.05, 4.69) is 5.32 Å². The fourth-order valence-electron chi connectivity index (χ4n) is 1.93. The smallest absolute Gasteiger partial charge is 0.303 e. The summed E-state index contributed by atoms with van der Waals surface area (Å²) in [5.74, 6) is 1.37. The van der Waals surface area contributed by atoms with Crippen LogP contribution in [0.15, 0.2) is 16.5 Å². The van der Waals surface area contributed by atoms with Gasteiger partial charge in [0.05, 0.1) is 6.04 Å². The maximum Gasteiger partial charge on any atom is 0.303 e. The van der Waals surface area contributed by atoms with Gasteiger partial charge in [-0.15, -0.1) is 0 Å². The van der Waals surface area contributed by atoms with Gasteiger partial charge in [0, 0.05) is 6.92 Å². The molecule has 2 heterocycles. The summed E-state index contributed by atoms with van der Waals surface area (Å²) in [5.41, 5.74) is 0. The molecule has 1 fully saturated rings. The van der Waals surface area contributed by atoms with E-state index in [9.17, 15) is 4.79 Å². The quantitative estimate of drug-likeness (QED) is 0.798. The van der Waals surface area contributed by atoms with E-state index in [1.807, 2.05) is 12.1 Å². The van der Waals surface area contributed by atoms with Gasteiger partial charge in [-0.05, 0) is 31.5 Å². The van der Waals surface area contributed by atoms with Crippen LogP contribution in [0.4, 0.5) is 0 Å². The molecule has 1 N–H and O–H groups in total. The van der Waals surface area contributed by atoms with Crippen LogP contribution in [0.2, 0.25) is 0 Å². The molecule has 0 amide bonds. The molecular weight excluding hydrogens is 206 g/mol. The van der Waals surface area contributed by atoms with Gasteiger partial charge in [-0.3, -0.25) is 4.79 Å². The molecular formula is C12H17NO3.